The van der Waals surface area contributed by atoms with E-state index in [9.17, 15) is 9.18 Å². The number of nitrogens with zero attached hydrogens (tertiary/aromatic N) is 2. The van der Waals surface area contributed by atoms with E-state index >= 15 is 0 Å². The molecular weight excluding hydrogens is 379 g/mol. The first-order valence-electron chi connectivity index (χ1n) is 10.8. The molecular formula is C22H26B2FN3O2. The first-order chi connectivity index (χ1) is 14.4. The fourth-order valence-electron chi connectivity index (χ4n) is 5.18. The third kappa shape index (κ3) is 3.58. The molecule has 1 amide bonds. The number of hydrogen-bond acceptors (Lipinski definition) is 4. The number of nitrogens with one attached hydrogen (secondary N) is 1. The van der Waals surface area contributed by atoms with Crippen LogP contribution in [0.2, 0.25) is 0 Å². The molecule has 2 atom stereocenters. The van der Waals surface area contributed by atoms with Crippen molar-refractivity contribution in [2.75, 3.05) is 36.4 Å². The van der Waals surface area contributed by atoms with Gasteiger partial charge in [-0.15, -0.1) is 0 Å². The summed E-state index contributed by atoms with van der Waals surface area (Å²) in [6.07, 6.45) is 1.95. The molecule has 3 aliphatic rings. The molecule has 3 aliphatic heterocycles. The zero-order valence-corrected chi connectivity index (χ0v) is 17.5. The molecule has 3 heterocycles. The average Bonchev–Trinajstić information content (AvgIpc) is 3.03. The summed E-state index contributed by atoms with van der Waals surface area (Å²) < 4.78 is 19.3. The molecule has 1 unspecified atom stereocenters. The van der Waals surface area contributed by atoms with Gasteiger partial charge in [0, 0.05) is 37.0 Å². The minimum atomic E-state index is -0.333. The summed E-state index contributed by atoms with van der Waals surface area (Å²) in [6.45, 7) is 3.43. The maximum atomic E-state index is 13.1. The van der Waals surface area contributed by atoms with Crippen molar-refractivity contribution >= 4 is 33.0 Å². The van der Waals surface area contributed by atoms with Crippen LogP contribution in [-0.2, 0) is 4.79 Å². The molecule has 0 saturated carbocycles. The highest BCUT2D eigenvalue weighted by Crippen LogP contribution is 2.49. The number of halogens is 1. The van der Waals surface area contributed by atoms with E-state index in [1.54, 1.807) is 12.1 Å². The van der Waals surface area contributed by atoms with Crippen molar-refractivity contribution in [2.24, 2.45) is 0 Å². The van der Waals surface area contributed by atoms with Gasteiger partial charge < -0.3 is 19.9 Å². The largest absolute Gasteiger partial charge is 0.505 e. The average molecular weight is 405 g/mol. The summed E-state index contributed by atoms with van der Waals surface area (Å²) in [7, 11) is 4.17. The monoisotopic (exact) mass is 405 g/mol. The normalized spacial score (nSPS) is 23.0. The second kappa shape index (κ2) is 7.34. The van der Waals surface area contributed by atoms with Crippen LogP contribution in [0.15, 0.2) is 42.5 Å². The lowest BCUT2D eigenvalue weighted by molar-refractivity contribution is -0.115. The van der Waals surface area contributed by atoms with E-state index in [0.717, 1.165) is 38.2 Å². The van der Waals surface area contributed by atoms with Crippen molar-refractivity contribution in [3.8, 4) is 5.75 Å². The third-order valence-corrected chi connectivity index (χ3v) is 6.64. The fraction of sp³-hybridized carbons (Fsp3) is 0.409. The lowest BCUT2D eigenvalue weighted by Gasteiger charge is -2.40. The van der Waals surface area contributed by atoms with Gasteiger partial charge in [0.2, 0.25) is 5.91 Å². The number of anilines is 2. The molecule has 0 spiro atoms. The second-order valence-electron chi connectivity index (χ2n) is 9.25. The van der Waals surface area contributed by atoms with Gasteiger partial charge in [0.05, 0.1) is 17.9 Å². The van der Waals surface area contributed by atoms with Crippen LogP contribution in [-0.4, -0.2) is 64.1 Å². The predicted molar refractivity (Wildman–Crippen MR) is 121 cm³/mol. The number of ether oxygens (including phenoxy) is 1. The molecule has 0 aromatic heterocycles. The van der Waals surface area contributed by atoms with Gasteiger partial charge in [-0.05, 0) is 48.7 Å². The van der Waals surface area contributed by atoms with Gasteiger partial charge >= 0.3 is 0 Å². The van der Waals surface area contributed by atoms with Crippen molar-refractivity contribution in [3.05, 3.63) is 53.8 Å². The maximum Gasteiger partial charge on any atom is 0.243 e. The molecule has 5 nitrogen and oxygen atoms in total. The number of amides is 1. The highest BCUT2D eigenvalue weighted by Gasteiger charge is 2.45. The summed E-state index contributed by atoms with van der Waals surface area (Å²) >= 11 is 0. The number of carbonyl (C=O) groups is 1. The number of benzene rings is 2. The summed E-state index contributed by atoms with van der Waals surface area (Å²) in [5, 5.41) is 2.70. The van der Waals surface area contributed by atoms with Crippen molar-refractivity contribution in [1.82, 2.24) is 4.90 Å². The van der Waals surface area contributed by atoms with E-state index in [1.807, 2.05) is 6.07 Å². The molecule has 1 saturated heterocycles. The Morgan fingerprint density at radius 1 is 1.20 bits per heavy atom. The van der Waals surface area contributed by atoms with Gasteiger partial charge in [-0.1, -0.05) is 12.1 Å². The lowest BCUT2D eigenvalue weighted by Crippen LogP contribution is -2.50. The van der Waals surface area contributed by atoms with E-state index in [-0.39, 0.29) is 17.1 Å². The van der Waals surface area contributed by atoms with Crippen LogP contribution in [0.5, 0.6) is 5.75 Å². The molecule has 2 aromatic carbocycles. The third-order valence-electron chi connectivity index (χ3n) is 6.64. The summed E-state index contributed by atoms with van der Waals surface area (Å²) in [6, 6.07) is 12.9. The molecule has 154 valence electrons. The molecule has 30 heavy (non-hydrogen) atoms. The van der Waals surface area contributed by atoms with Crippen molar-refractivity contribution in [2.45, 2.75) is 30.2 Å². The summed E-state index contributed by atoms with van der Waals surface area (Å²) in [4.78, 5) is 17.0. The van der Waals surface area contributed by atoms with Gasteiger partial charge in [0.1, 0.15) is 27.3 Å². The Bertz CT molecular complexity index is 969. The SMILES string of the molecule is BC(B)(CCN1CCC2[C@@H](C1)c1cccc3c1N2CC(=O)N3)Oc1ccc(F)cc1. The summed E-state index contributed by atoms with van der Waals surface area (Å²) in [5.41, 5.74) is 3.55. The highest BCUT2D eigenvalue weighted by atomic mass is 19.1. The Kier molecular flexibility index (Phi) is 4.77. The van der Waals surface area contributed by atoms with E-state index in [1.165, 1.54) is 23.4 Å². The first kappa shape index (κ1) is 19.5. The standard InChI is InChI=1S/C22H26B2FN3O2/c23-22(24,30-15-6-4-14(25)5-7-15)9-11-27-10-8-19-17(12-27)16-2-1-3-18-21(16)28(19)13-20(29)26-18/h1-7,17,19H,8-13,23-24H2,(H,26,29)/t17-,19?/m0/s1. The number of para-hydroxylation sites is 1. The second-order valence-corrected chi connectivity index (χ2v) is 9.25. The Balaban J connectivity index is 1.25. The summed E-state index contributed by atoms with van der Waals surface area (Å²) in [5.74, 6) is 0.964. The number of hydrogen-bond donors (Lipinski definition) is 1. The zero-order chi connectivity index (χ0) is 20.9. The predicted octanol–water partition coefficient (Wildman–Crippen LogP) is 1.14. The Hall–Kier alpha value is -2.47. The number of rotatable bonds is 5. The number of carbonyl (C=O) groups excluding carboxylic acids is 1. The topological polar surface area (TPSA) is 44.8 Å². The van der Waals surface area contributed by atoms with Gasteiger partial charge in [-0.3, -0.25) is 4.79 Å². The van der Waals surface area contributed by atoms with Gasteiger partial charge in [-0.25, -0.2) is 4.39 Å². The molecule has 8 heteroatoms. The Morgan fingerprint density at radius 3 is 2.80 bits per heavy atom. The van der Waals surface area contributed by atoms with E-state index in [0.29, 0.717) is 24.3 Å². The van der Waals surface area contributed by atoms with Gasteiger partial charge in [0.15, 0.2) is 0 Å². The van der Waals surface area contributed by atoms with E-state index in [4.69, 9.17) is 4.74 Å². The zero-order valence-electron chi connectivity index (χ0n) is 17.5. The van der Waals surface area contributed by atoms with E-state index < -0.39 is 0 Å². The quantitative estimate of drug-likeness (QED) is 0.759. The first-order valence-corrected chi connectivity index (χ1v) is 10.8. The number of piperidine rings is 1. The number of likely N-dealkylation sites (tertiary alicyclic amines) is 1. The molecule has 1 fully saturated rings. The van der Waals surface area contributed by atoms with Crippen LogP contribution in [0.1, 0.15) is 24.3 Å². The Morgan fingerprint density at radius 2 is 2.00 bits per heavy atom. The van der Waals surface area contributed by atoms with Crippen molar-refractivity contribution in [1.29, 1.82) is 0 Å². The maximum absolute atomic E-state index is 13.1. The van der Waals surface area contributed by atoms with Crippen LogP contribution < -0.4 is 15.0 Å². The smallest absolute Gasteiger partial charge is 0.243 e. The van der Waals surface area contributed by atoms with Crippen LogP contribution in [0, 0.1) is 5.82 Å². The molecule has 5 rings (SSSR count). The van der Waals surface area contributed by atoms with Crippen LogP contribution >= 0.6 is 0 Å². The molecule has 0 radical (unpaired) electrons. The highest BCUT2D eigenvalue weighted by molar-refractivity contribution is 6.39. The van der Waals surface area contributed by atoms with E-state index in [2.05, 4.69) is 42.9 Å². The molecule has 0 bridgehead atoms. The molecule has 1 N–H and O–H groups in total. The lowest BCUT2D eigenvalue weighted by atomic mass is 9.63. The fourth-order valence-corrected chi connectivity index (χ4v) is 5.18. The van der Waals surface area contributed by atoms with Crippen molar-refractivity contribution in [3.63, 3.8) is 0 Å². The number of fused-ring (bicyclic) bond motifs is 3. The van der Waals surface area contributed by atoms with Crippen LogP contribution in [0.4, 0.5) is 15.8 Å². The minimum absolute atomic E-state index is 0.0856. The van der Waals surface area contributed by atoms with Crippen LogP contribution in [0.3, 0.4) is 0 Å². The van der Waals surface area contributed by atoms with Gasteiger partial charge in [0.25, 0.3) is 0 Å². The Labute approximate surface area is 178 Å². The molecule has 0 aliphatic carbocycles. The molecule has 2 aromatic rings. The van der Waals surface area contributed by atoms with Crippen LogP contribution in [0.25, 0.3) is 0 Å². The minimum Gasteiger partial charge on any atom is -0.505 e. The van der Waals surface area contributed by atoms with Crippen molar-refractivity contribution < 1.29 is 13.9 Å². The van der Waals surface area contributed by atoms with Gasteiger partial charge in [-0.2, -0.15) is 0 Å².